The van der Waals surface area contributed by atoms with Gasteiger partial charge in [0.2, 0.25) is 11.8 Å². The highest BCUT2D eigenvalue weighted by molar-refractivity contribution is 5.89. The quantitative estimate of drug-likeness (QED) is 0.204. The highest BCUT2D eigenvalue weighted by Gasteiger charge is 2.35. The van der Waals surface area contributed by atoms with E-state index in [4.69, 9.17) is 5.73 Å². The van der Waals surface area contributed by atoms with Gasteiger partial charge in [-0.15, -0.1) is 0 Å². The van der Waals surface area contributed by atoms with Crippen LogP contribution in [0.3, 0.4) is 0 Å². The van der Waals surface area contributed by atoms with Crippen molar-refractivity contribution < 1.29 is 19.6 Å². The molecule has 1 unspecified atom stereocenters. The Kier molecular flexibility index (Phi) is 12.7. The van der Waals surface area contributed by atoms with Crippen LogP contribution in [0.2, 0.25) is 0 Å². The molecule has 0 spiro atoms. The first-order valence-corrected chi connectivity index (χ1v) is 11.9. The number of nitrogens with one attached hydrogen (secondary N) is 2. The Bertz CT molecular complexity index is 737. The molecule has 3 atom stereocenters. The number of carbonyl (C=O) groups is 3. The Hall–Kier alpha value is -2.45. The molecule has 33 heavy (non-hydrogen) atoms. The van der Waals surface area contributed by atoms with Gasteiger partial charge in [-0.1, -0.05) is 64.4 Å². The summed E-state index contributed by atoms with van der Waals surface area (Å²) in [5, 5.41) is 10.6. The topological polar surface area (TPSA) is 125 Å². The fourth-order valence-corrected chi connectivity index (χ4v) is 3.92. The molecule has 0 fully saturated rings. The van der Waals surface area contributed by atoms with E-state index < -0.39 is 29.7 Å². The van der Waals surface area contributed by atoms with Crippen molar-refractivity contribution in [1.29, 1.82) is 0 Å². The molecule has 0 aliphatic rings. The Balaban J connectivity index is 2.97. The number of benzene rings is 1. The van der Waals surface area contributed by atoms with Gasteiger partial charge in [0.05, 0.1) is 17.9 Å². The molecule has 8 heteroatoms. The van der Waals surface area contributed by atoms with Gasteiger partial charge in [-0.2, -0.15) is 0 Å². The second kappa shape index (κ2) is 14.6. The average Bonchev–Trinajstić information content (AvgIpc) is 2.76. The van der Waals surface area contributed by atoms with Gasteiger partial charge in [0.25, 0.3) is 5.91 Å². The Morgan fingerprint density at radius 3 is 2.09 bits per heavy atom. The van der Waals surface area contributed by atoms with E-state index in [-0.39, 0.29) is 17.7 Å². The Morgan fingerprint density at radius 1 is 0.939 bits per heavy atom. The van der Waals surface area contributed by atoms with Gasteiger partial charge in [0.1, 0.15) is 0 Å². The van der Waals surface area contributed by atoms with Gasteiger partial charge in [0, 0.05) is 6.54 Å². The second-order valence-electron chi connectivity index (χ2n) is 9.66. The summed E-state index contributed by atoms with van der Waals surface area (Å²) in [4.78, 5) is 38.4. The molecule has 0 bridgehead atoms. The van der Waals surface area contributed by atoms with Crippen molar-refractivity contribution in [3.63, 3.8) is 0 Å². The smallest absolute Gasteiger partial charge is 0.257 e. The van der Waals surface area contributed by atoms with E-state index >= 15 is 0 Å². The number of nitrogens with zero attached hydrogens (tertiary/aromatic N) is 1. The highest BCUT2D eigenvalue weighted by atomic mass is 16.5. The van der Waals surface area contributed by atoms with Gasteiger partial charge < -0.3 is 5.73 Å². The van der Waals surface area contributed by atoms with Crippen molar-refractivity contribution in [2.45, 2.75) is 72.8 Å². The minimum Gasteiger partial charge on any atom is -0.320 e. The van der Waals surface area contributed by atoms with Gasteiger partial charge in [0.15, 0.2) is 0 Å². The predicted octanol–water partition coefficient (Wildman–Crippen LogP) is 3.05. The van der Waals surface area contributed by atoms with Gasteiger partial charge >= 0.3 is 0 Å². The summed E-state index contributed by atoms with van der Waals surface area (Å²) in [6, 6.07) is 9.32. The van der Waals surface area contributed by atoms with Crippen LogP contribution in [0.5, 0.6) is 0 Å². The molecule has 1 aromatic carbocycles. The van der Waals surface area contributed by atoms with Crippen molar-refractivity contribution >= 4 is 17.7 Å². The SMILES string of the molecule is CC(C)C[C@@H](C(=O)NN(CC(C)C)C(=O)[C@@H](C)N)C(CCCCc1ccccc1)C(=O)NO. The summed E-state index contributed by atoms with van der Waals surface area (Å²) < 4.78 is 0. The summed E-state index contributed by atoms with van der Waals surface area (Å²) in [5.41, 5.74) is 11.4. The molecule has 0 aromatic heterocycles. The predicted molar refractivity (Wildman–Crippen MR) is 129 cm³/mol. The van der Waals surface area contributed by atoms with Crippen molar-refractivity contribution in [2.24, 2.45) is 29.4 Å². The molecule has 1 aromatic rings. The normalized spacial score (nSPS) is 14.0. The summed E-state index contributed by atoms with van der Waals surface area (Å²) in [6.07, 6.45) is 3.36. The monoisotopic (exact) mass is 462 g/mol. The first-order chi connectivity index (χ1) is 15.6. The third-order valence-corrected chi connectivity index (χ3v) is 5.52. The Labute approximate surface area is 198 Å². The molecule has 0 radical (unpaired) electrons. The molecule has 0 saturated carbocycles. The standard InChI is InChI=1S/C25H42N4O4/c1-17(2)15-22(23(30)27-29(16-18(3)4)25(32)19(5)26)21(24(31)28-33)14-10-9-13-20-11-7-6-8-12-20/h6-8,11-12,17-19,21-22,33H,9-10,13-16,26H2,1-5H3,(H,27,30)(H,28,31)/t19-,21?,22-/m1/s1. The number of unbranched alkanes of at least 4 members (excludes halogenated alkanes) is 1. The number of hydroxylamine groups is 1. The molecular formula is C25H42N4O4. The average molecular weight is 463 g/mol. The van der Waals surface area contributed by atoms with Crippen LogP contribution in [-0.2, 0) is 20.8 Å². The van der Waals surface area contributed by atoms with Crippen molar-refractivity contribution in [3.05, 3.63) is 35.9 Å². The van der Waals surface area contributed by atoms with Crippen LogP contribution >= 0.6 is 0 Å². The molecule has 8 nitrogen and oxygen atoms in total. The van der Waals surface area contributed by atoms with Crippen LogP contribution in [0, 0.1) is 23.7 Å². The first-order valence-electron chi connectivity index (χ1n) is 11.9. The third kappa shape index (κ3) is 10.4. The van der Waals surface area contributed by atoms with E-state index in [2.05, 4.69) is 17.6 Å². The molecule has 3 amide bonds. The largest absolute Gasteiger partial charge is 0.320 e. The summed E-state index contributed by atoms with van der Waals surface area (Å²) >= 11 is 0. The molecule has 5 N–H and O–H groups in total. The molecule has 0 aliphatic carbocycles. The molecule has 0 heterocycles. The van der Waals surface area contributed by atoms with E-state index in [0.717, 1.165) is 19.3 Å². The van der Waals surface area contributed by atoms with Crippen LogP contribution in [0.25, 0.3) is 0 Å². The number of hydrogen-bond acceptors (Lipinski definition) is 5. The van der Waals surface area contributed by atoms with E-state index in [1.807, 2.05) is 45.9 Å². The zero-order chi connectivity index (χ0) is 25.0. The maximum Gasteiger partial charge on any atom is 0.257 e. The van der Waals surface area contributed by atoms with Crippen LogP contribution in [0.1, 0.15) is 65.9 Å². The fourth-order valence-electron chi connectivity index (χ4n) is 3.92. The van der Waals surface area contributed by atoms with Crippen LogP contribution < -0.4 is 16.6 Å². The molecule has 0 saturated heterocycles. The number of hydrazine groups is 1. The lowest BCUT2D eigenvalue weighted by molar-refractivity contribution is -0.148. The van der Waals surface area contributed by atoms with Gasteiger partial charge in [-0.05, 0) is 50.0 Å². The maximum atomic E-state index is 13.3. The minimum absolute atomic E-state index is 0.117. The maximum absolute atomic E-state index is 13.3. The van der Waals surface area contributed by atoms with Crippen LogP contribution in [0.15, 0.2) is 30.3 Å². The molecule has 1 rings (SSSR count). The van der Waals surface area contributed by atoms with Gasteiger partial charge in [-0.25, -0.2) is 5.48 Å². The number of hydrogen-bond donors (Lipinski definition) is 4. The van der Waals surface area contributed by atoms with E-state index in [1.165, 1.54) is 10.6 Å². The zero-order valence-corrected chi connectivity index (χ0v) is 20.7. The number of amides is 3. The zero-order valence-electron chi connectivity index (χ0n) is 20.7. The fraction of sp³-hybridized carbons (Fsp3) is 0.640. The van der Waals surface area contributed by atoms with Crippen molar-refractivity contribution in [2.75, 3.05) is 6.54 Å². The van der Waals surface area contributed by atoms with Crippen LogP contribution in [-0.4, -0.2) is 40.5 Å². The molecular weight excluding hydrogens is 420 g/mol. The number of carbonyl (C=O) groups excluding carboxylic acids is 3. The summed E-state index contributed by atoms with van der Waals surface area (Å²) in [6.45, 7) is 9.71. The molecule has 186 valence electrons. The summed E-state index contributed by atoms with van der Waals surface area (Å²) in [5.74, 6) is -2.51. The lowest BCUT2D eigenvalue weighted by Crippen LogP contribution is -2.55. The van der Waals surface area contributed by atoms with Gasteiger partial charge in [-0.3, -0.25) is 30.0 Å². The lowest BCUT2D eigenvalue weighted by atomic mass is 9.81. The van der Waals surface area contributed by atoms with Crippen LogP contribution in [0.4, 0.5) is 0 Å². The number of nitrogens with two attached hydrogens (primary N) is 1. The molecule has 0 aliphatic heterocycles. The van der Waals surface area contributed by atoms with Crippen molar-refractivity contribution in [3.8, 4) is 0 Å². The number of rotatable bonds is 13. The number of aryl methyl sites for hydroxylation is 1. The van der Waals surface area contributed by atoms with E-state index in [1.54, 1.807) is 12.4 Å². The third-order valence-electron chi connectivity index (χ3n) is 5.52. The lowest BCUT2D eigenvalue weighted by Gasteiger charge is -2.31. The van der Waals surface area contributed by atoms with E-state index in [0.29, 0.717) is 19.4 Å². The van der Waals surface area contributed by atoms with Crippen molar-refractivity contribution in [1.82, 2.24) is 15.9 Å². The Morgan fingerprint density at radius 2 is 1.58 bits per heavy atom. The highest BCUT2D eigenvalue weighted by Crippen LogP contribution is 2.27. The summed E-state index contributed by atoms with van der Waals surface area (Å²) in [7, 11) is 0. The second-order valence-corrected chi connectivity index (χ2v) is 9.66. The first kappa shape index (κ1) is 28.6. The van der Waals surface area contributed by atoms with E-state index in [9.17, 15) is 19.6 Å². The minimum atomic E-state index is -0.762.